The van der Waals surface area contributed by atoms with Crippen LogP contribution in [0.5, 0.6) is 0 Å². The van der Waals surface area contributed by atoms with Gasteiger partial charge in [-0.05, 0) is 12.1 Å². The molecule has 1 heterocycles. The van der Waals surface area contributed by atoms with Crippen molar-refractivity contribution in [1.82, 2.24) is 4.98 Å². The van der Waals surface area contributed by atoms with Crippen LogP contribution < -0.4 is 5.73 Å². The van der Waals surface area contributed by atoms with Crippen LogP contribution in [0.15, 0.2) is 18.3 Å². The molecule has 0 aliphatic rings. The van der Waals surface area contributed by atoms with E-state index >= 15 is 0 Å². The summed E-state index contributed by atoms with van der Waals surface area (Å²) in [6.07, 6.45) is 1.79. The maximum atomic E-state index is 5.22. The molecule has 0 aliphatic heterocycles. The van der Waals surface area contributed by atoms with Crippen LogP contribution in [-0.2, 0) is 19.5 Å². The fourth-order valence-corrected chi connectivity index (χ4v) is 0.344. The van der Waals surface area contributed by atoms with Gasteiger partial charge in [-0.25, -0.2) is 0 Å². The van der Waals surface area contributed by atoms with Crippen LogP contribution in [0, 0.1) is 0 Å². The Morgan fingerprint density at radius 1 is 1.50 bits per heavy atom. The van der Waals surface area contributed by atoms with Crippen molar-refractivity contribution in [2.75, 3.05) is 5.73 Å². The second-order valence-electron chi connectivity index (χ2n) is 1.13. The summed E-state index contributed by atoms with van der Waals surface area (Å²) in [5, 5.41) is 0. The predicted molar refractivity (Wildman–Crippen MR) is 31.0 cm³/mol. The largest absolute Gasteiger partial charge is 0.385 e. The molecule has 1 rings (SSSR count). The van der Waals surface area contributed by atoms with Gasteiger partial charge in [-0.2, -0.15) is 0 Å². The minimum Gasteiger partial charge on any atom is -0.385 e. The van der Waals surface area contributed by atoms with Gasteiger partial charge in [0.15, 0.2) is 0 Å². The van der Waals surface area contributed by atoms with Crippen LogP contribution in [0.3, 0.4) is 0 Å². The minimum absolute atomic E-state index is 0. The Balaban J connectivity index is 0. The monoisotopic (exact) mass is 153 g/mol. The first-order chi connectivity index (χ1) is 2.89. The van der Waals surface area contributed by atoms with Crippen molar-refractivity contribution in [2.45, 2.75) is 0 Å². The van der Waals surface area contributed by atoms with Gasteiger partial charge in [-0.15, -0.1) is 0 Å². The van der Waals surface area contributed by atoms with Crippen LogP contribution in [-0.4, -0.2) is 23.8 Å². The number of aromatic amines is 1. The van der Waals surface area contributed by atoms with Gasteiger partial charge in [-0.1, -0.05) is 0 Å². The van der Waals surface area contributed by atoms with E-state index in [1.54, 1.807) is 12.3 Å². The fraction of sp³-hybridized carbons (Fsp3) is 0. The standard InChI is InChI=1S/C4H6N2.Li.Zn/c5-4-2-1-3-6-4;;/h1-3,6H,5H2;;. The van der Waals surface area contributed by atoms with E-state index in [0.29, 0.717) is 0 Å². The van der Waals surface area contributed by atoms with Crippen molar-refractivity contribution in [3.8, 4) is 0 Å². The molecule has 35 valence electrons. The molecule has 0 aliphatic carbocycles. The number of nitrogens with two attached hydrogens (primary N) is 1. The van der Waals surface area contributed by atoms with Crippen LogP contribution in [0.2, 0.25) is 0 Å². The summed E-state index contributed by atoms with van der Waals surface area (Å²) >= 11 is 0. The minimum atomic E-state index is 0. The summed E-state index contributed by atoms with van der Waals surface area (Å²) in [5.74, 6) is 0.718. The van der Waals surface area contributed by atoms with E-state index in [0.717, 1.165) is 5.82 Å². The molecule has 4 heteroatoms. The van der Waals surface area contributed by atoms with Gasteiger partial charge >= 0.3 is 0 Å². The molecule has 0 fully saturated rings. The maximum absolute atomic E-state index is 5.22. The molecule has 8 heavy (non-hydrogen) atoms. The Bertz CT molecular complexity index is 118. The topological polar surface area (TPSA) is 41.8 Å². The molecule has 0 saturated carbocycles. The number of H-pyrrole nitrogens is 1. The molecule has 3 N–H and O–H groups in total. The number of hydrogen-bond acceptors (Lipinski definition) is 1. The summed E-state index contributed by atoms with van der Waals surface area (Å²) in [6.45, 7) is 0. The van der Waals surface area contributed by atoms with Gasteiger partial charge in [-0.3, -0.25) is 0 Å². The molecule has 1 aromatic heterocycles. The van der Waals surface area contributed by atoms with Crippen molar-refractivity contribution in [2.24, 2.45) is 0 Å². The molecule has 0 atom stereocenters. The van der Waals surface area contributed by atoms with Gasteiger partial charge in [0.05, 0.1) is 0 Å². The third kappa shape index (κ3) is 3.32. The predicted octanol–water partition coefficient (Wildman–Crippen LogP) is 0.214. The van der Waals surface area contributed by atoms with E-state index in [1.165, 1.54) is 0 Å². The van der Waals surface area contributed by atoms with Crippen LogP contribution >= 0.6 is 0 Å². The molecular formula is C4H6LiN2Zn. The van der Waals surface area contributed by atoms with Gasteiger partial charge in [0, 0.05) is 44.5 Å². The Morgan fingerprint density at radius 2 is 2.12 bits per heavy atom. The summed E-state index contributed by atoms with van der Waals surface area (Å²) in [6, 6.07) is 3.66. The molecule has 0 amide bonds. The number of hydrogen-bond donors (Lipinski definition) is 2. The molecule has 0 unspecified atom stereocenters. The van der Waals surface area contributed by atoms with Crippen molar-refractivity contribution in [3.63, 3.8) is 0 Å². The first kappa shape index (κ1) is 11.1. The van der Waals surface area contributed by atoms with E-state index in [2.05, 4.69) is 4.98 Å². The Morgan fingerprint density at radius 3 is 2.25 bits per heavy atom. The van der Waals surface area contributed by atoms with Crippen LogP contribution in [0.25, 0.3) is 0 Å². The van der Waals surface area contributed by atoms with E-state index in [9.17, 15) is 0 Å². The zero-order valence-electron chi connectivity index (χ0n) is 5.02. The van der Waals surface area contributed by atoms with E-state index in [-0.39, 0.29) is 38.3 Å². The van der Waals surface area contributed by atoms with E-state index in [4.69, 9.17) is 5.73 Å². The molecule has 0 aromatic carbocycles. The second kappa shape index (κ2) is 5.44. The van der Waals surface area contributed by atoms with E-state index in [1.807, 2.05) is 6.07 Å². The van der Waals surface area contributed by atoms with Crippen LogP contribution in [0.1, 0.15) is 0 Å². The molecular weight excluding hydrogens is 148 g/mol. The molecule has 1 radical (unpaired) electrons. The Labute approximate surface area is 73.2 Å². The zero-order valence-corrected chi connectivity index (χ0v) is 7.98. The molecule has 2 nitrogen and oxygen atoms in total. The average molecular weight is 154 g/mol. The number of nitrogens with one attached hydrogen (secondary N) is 1. The van der Waals surface area contributed by atoms with Crippen LogP contribution in [0.4, 0.5) is 5.82 Å². The quantitative estimate of drug-likeness (QED) is 0.516. The molecule has 0 bridgehead atoms. The molecule has 0 spiro atoms. The fourth-order valence-electron chi connectivity index (χ4n) is 0.344. The maximum Gasteiger partial charge on any atom is 0.100 e. The van der Waals surface area contributed by atoms with Gasteiger partial charge < -0.3 is 10.7 Å². The number of aromatic nitrogens is 1. The summed E-state index contributed by atoms with van der Waals surface area (Å²) in [4.78, 5) is 2.78. The molecule has 1 aromatic rings. The zero-order chi connectivity index (χ0) is 4.41. The Kier molecular flexibility index (Phi) is 7.58. The summed E-state index contributed by atoms with van der Waals surface area (Å²) in [7, 11) is 0. The first-order valence-electron chi connectivity index (χ1n) is 1.78. The van der Waals surface area contributed by atoms with Gasteiger partial charge in [0.25, 0.3) is 0 Å². The summed E-state index contributed by atoms with van der Waals surface area (Å²) in [5.41, 5.74) is 5.22. The number of nitrogen functional groups attached to an aromatic ring is 1. The second-order valence-corrected chi connectivity index (χ2v) is 1.13. The van der Waals surface area contributed by atoms with Crippen molar-refractivity contribution < 1.29 is 19.5 Å². The molecule has 0 saturated heterocycles. The average Bonchev–Trinajstić information content (AvgIpc) is 1.86. The third-order valence-electron chi connectivity index (χ3n) is 0.622. The normalized spacial score (nSPS) is 6.50. The first-order valence-corrected chi connectivity index (χ1v) is 1.78. The van der Waals surface area contributed by atoms with Gasteiger partial charge in [0.1, 0.15) is 5.82 Å². The van der Waals surface area contributed by atoms with E-state index < -0.39 is 0 Å². The summed E-state index contributed by atoms with van der Waals surface area (Å²) < 4.78 is 0. The van der Waals surface area contributed by atoms with Crippen molar-refractivity contribution in [1.29, 1.82) is 0 Å². The SMILES string of the molecule is Nc1ccc[nH]1.[Li].[Zn]. The third-order valence-corrected chi connectivity index (χ3v) is 0.622. The van der Waals surface area contributed by atoms with Crippen molar-refractivity contribution in [3.05, 3.63) is 18.3 Å². The Hall–Kier alpha value is 0.301. The van der Waals surface area contributed by atoms with Crippen molar-refractivity contribution >= 4 is 24.7 Å². The van der Waals surface area contributed by atoms with Gasteiger partial charge in [0.2, 0.25) is 0 Å². The smallest absolute Gasteiger partial charge is 0.100 e. The number of anilines is 1. The number of rotatable bonds is 0.